The van der Waals surface area contributed by atoms with Gasteiger partial charge in [0.1, 0.15) is 12.3 Å². The Bertz CT molecular complexity index is 1370. The van der Waals surface area contributed by atoms with Gasteiger partial charge in [0.25, 0.3) is 5.91 Å². The topological polar surface area (TPSA) is 76.5 Å². The highest BCUT2D eigenvalue weighted by molar-refractivity contribution is 6.30. The van der Waals surface area contributed by atoms with Gasteiger partial charge in [0, 0.05) is 35.0 Å². The van der Waals surface area contributed by atoms with E-state index in [0.29, 0.717) is 34.5 Å². The Morgan fingerprint density at radius 2 is 1.76 bits per heavy atom. The molecule has 4 aromatic rings. The minimum atomic E-state index is -0.345. The van der Waals surface area contributed by atoms with Crippen LogP contribution in [-0.2, 0) is 4.79 Å². The Balaban J connectivity index is 1.64. The fourth-order valence-corrected chi connectivity index (χ4v) is 4.07. The van der Waals surface area contributed by atoms with Gasteiger partial charge < -0.3 is 9.64 Å². The molecule has 0 saturated carbocycles. The molecule has 0 aliphatic carbocycles. The van der Waals surface area contributed by atoms with Crippen LogP contribution in [0.1, 0.15) is 24.2 Å². The Morgan fingerprint density at radius 3 is 2.43 bits per heavy atom. The number of hydrogen-bond acceptors (Lipinski definition) is 4. The van der Waals surface area contributed by atoms with E-state index in [1.807, 2.05) is 74.6 Å². The van der Waals surface area contributed by atoms with Crippen molar-refractivity contribution in [1.82, 2.24) is 14.5 Å². The molecule has 0 fully saturated rings. The number of nitrogens with one attached hydrogen (secondary N) is 1. The molecule has 0 radical (unpaired) electrons. The summed E-state index contributed by atoms with van der Waals surface area (Å²) in [6.45, 7) is 4.36. The molecule has 0 unspecified atom stereocenters. The summed E-state index contributed by atoms with van der Waals surface area (Å²) in [5.41, 5.74) is 2.82. The van der Waals surface area contributed by atoms with E-state index in [0.717, 1.165) is 11.3 Å². The first-order valence-electron chi connectivity index (χ1n) is 12.0. The number of amides is 2. The predicted octanol–water partition coefficient (Wildman–Crippen LogP) is 5.94. The molecule has 0 saturated heterocycles. The molecule has 190 valence electrons. The maximum Gasteiger partial charge on any atom is 0.254 e. The molecular formula is C29H29ClN4O3. The van der Waals surface area contributed by atoms with Crippen LogP contribution in [0.25, 0.3) is 16.9 Å². The number of imidazole rings is 1. The quantitative estimate of drug-likeness (QED) is 0.299. The largest absolute Gasteiger partial charge is 0.497 e. The van der Waals surface area contributed by atoms with Gasteiger partial charge in [-0.25, -0.2) is 4.98 Å². The van der Waals surface area contributed by atoms with E-state index in [2.05, 4.69) is 5.32 Å². The Morgan fingerprint density at radius 1 is 1.03 bits per heavy atom. The normalized spacial score (nSPS) is 10.8. The van der Waals surface area contributed by atoms with E-state index in [1.54, 1.807) is 40.8 Å². The van der Waals surface area contributed by atoms with Gasteiger partial charge in [0.15, 0.2) is 0 Å². The number of nitrogens with zero attached hydrogens (tertiary/aromatic N) is 3. The third-order valence-corrected chi connectivity index (χ3v) is 5.91. The van der Waals surface area contributed by atoms with Crippen molar-refractivity contribution in [2.45, 2.75) is 13.8 Å². The lowest BCUT2D eigenvalue weighted by atomic mass is 10.1. The minimum Gasteiger partial charge on any atom is -0.497 e. The lowest BCUT2D eigenvalue weighted by Crippen LogP contribution is -2.40. The number of ether oxygens (including phenoxy) is 1. The zero-order valence-electron chi connectivity index (χ0n) is 21.0. The van der Waals surface area contributed by atoms with Gasteiger partial charge in [-0.1, -0.05) is 61.8 Å². The number of rotatable bonds is 9. The first-order chi connectivity index (χ1) is 17.8. The van der Waals surface area contributed by atoms with Crippen LogP contribution in [0.5, 0.6) is 5.75 Å². The number of methoxy groups -OCH3 is 1. The molecule has 1 heterocycles. The van der Waals surface area contributed by atoms with Crippen molar-refractivity contribution in [1.29, 1.82) is 0 Å². The van der Waals surface area contributed by atoms with E-state index >= 15 is 0 Å². The Kier molecular flexibility index (Phi) is 8.25. The zero-order valence-corrected chi connectivity index (χ0v) is 21.8. The molecule has 4 rings (SSSR count). The number of carbonyl (C=O) groups is 2. The van der Waals surface area contributed by atoms with Crippen LogP contribution in [0, 0.1) is 5.92 Å². The molecule has 0 aliphatic heterocycles. The maximum atomic E-state index is 13.2. The predicted molar refractivity (Wildman–Crippen MR) is 146 cm³/mol. The van der Waals surface area contributed by atoms with Crippen LogP contribution in [0.4, 0.5) is 5.95 Å². The molecule has 0 atom stereocenters. The fraction of sp³-hybridized carbons (Fsp3) is 0.207. The highest BCUT2D eigenvalue weighted by Crippen LogP contribution is 2.27. The molecule has 0 spiro atoms. The average Bonchev–Trinajstić information content (AvgIpc) is 3.32. The summed E-state index contributed by atoms with van der Waals surface area (Å²) in [7, 11) is 1.60. The van der Waals surface area contributed by atoms with Gasteiger partial charge in [-0.3, -0.25) is 19.5 Å². The Hall–Kier alpha value is -4.10. The summed E-state index contributed by atoms with van der Waals surface area (Å²) in [5, 5.41) is 3.53. The third kappa shape index (κ3) is 6.57. The zero-order chi connectivity index (χ0) is 26.4. The first-order valence-corrected chi connectivity index (χ1v) is 12.4. The summed E-state index contributed by atoms with van der Waals surface area (Å²) in [6, 6.07) is 23.8. The van der Waals surface area contributed by atoms with E-state index in [1.165, 1.54) is 0 Å². The Labute approximate surface area is 221 Å². The van der Waals surface area contributed by atoms with Gasteiger partial charge in [0.2, 0.25) is 11.9 Å². The van der Waals surface area contributed by atoms with Gasteiger partial charge >= 0.3 is 0 Å². The number of halogens is 1. The fourth-order valence-electron chi connectivity index (χ4n) is 3.95. The number of hydrogen-bond donors (Lipinski definition) is 1. The highest BCUT2D eigenvalue weighted by atomic mass is 35.5. The summed E-state index contributed by atoms with van der Waals surface area (Å²) < 4.78 is 7.17. The summed E-state index contributed by atoms with van der Waals surface area (Å²) in [4.78, 5) is 32.6. The molecule has 3 aromatic carbocycles. The molecule has 0 aliphatic rings. The van der Waals surface area contributed by atoms with Gasteiger partial charge in [-0.2, -0.15) is 0 Å². The van der Waals surface area contributed by atoms with Crippen molar-refractivity contribution in [3.63, 3.8) is 0 Å². The van der Waals surface area contributed by atoms with Crippen molar-refractivity contribution in [3.8, 4) is 22.7 Å². The van der Waals surface area contributed by atoms with Crippen LogP contribution in [0.3, 0.4) is 0 Å². The van der Waals surface area contributed by atoms with E-state index < -0.39 is 0 Å². The van der Waals surface area contributed by atoms with E-state index in [4.69, 9.17) is 21.3 Å². The van der Waals surface area contributed by atoms with Crippen LogP contribution < -0.4 is 10.1 Å². The van der Waals surface area contributed by atoms with Gasteiger partial charge in [-0.15, -0.1) is 0 Å². The first kappa shape index (κ1) is 26.0. The van der Waals surface area contributed by atoms with Crippen molar-refractivity contribution in [2.75, 3.05) is 25.5 Å². The van der Waals surface area contributed by atoms with Crippen LogP contribution in [0.2, 0.25) is 5.02 Å². The molecule has 1 aromatic heterocycles. The SMILES string of the molecule is COc1cccc(-n2cc(-c3ccc(Cl)cc3)nc2NC(=O)CN(CC(C)C)C(=O)c2ccccc2)c1. The van der Waals surface area contributed by atoms with Crippen molar-refractivity contribution in [2.24, 2.45) is 5.92 Å². The molecule has 2 amide bonds. The van der Waals surface area contributed by atoms with Gasteiger partial charge in [0.05, 0.1) is 18.5 Å². The summed E-state index contributed by atoms with van der Waals surface area (Å²) in [5.74, 6) is 0.661. The minimum absolute atomic E-state index is 0.104. The summed E-state index contributed by atoms with van der Waals surface area (Å²) >= 11 is 6.06. The monoisotopic (exact) mass is 516 g/mol. The number of benzene rings is 3. The van der Waals surface area contributed by atoms with E-state index in [9.17, 15) is 9.59 Å². The maximum absolute atomic E-state index is 13.2. The second-order valence-electron chi connectivity index (χ2n) is 9.02. The van der Waals surface area contributed by atoms with Crippen LogP contribution in [-0.4, -0.2) is 46.5 Å². The lowest BCUT2D eigenvalue weighted by molar-refractivity contribution is -0.117. The van der Waals surface area contributed by atoms with Crippen molar-refractivity contribution in [3.05, 3.63) is 95.6 Å². The second-order valence-corrected chi connectivity index (χ2v) is 9.46. The molecule has 1 N–H and O–H groups in total. The van der Waals surface area contributed by atoms with Gasteiger partial charge in [-0.05, 0) is 42.3 Å². The third-order valence-electron chi connectivity index (χ3n) is 5.66. The second kappa shape index (κ2) is 11.8. The summed E-state index contributed by atoms with van der Waals surface area (Å²) in [6.07, 6.45) is 1.84. The molecule has 7 nitrogen and oxygen atoms in total. The highest BCUT2D eigenvalue weighted by Gasteiger charge is 2.21. The molecular weight excluding hydrogens is 488 g/mol. The van der Waals surface area contributed by atoms with Crippen molar-refractivity contribution < 1.29 is 14.3 Å². The standard InChI is InChI=1S/C29H29ClN4O3/c1-20(2)17-33(28(36)22-8-5-4-6-9-22)19-27(35)32-29-31-26(21-12-14-23(30)15-13-21)18-34(29)24-10-7-11-25(16-24)37-3/h4-16,18,20H,17,19H2,1-3H3,(H,31,32,35). The number of carbonyl (C=O) groups excluding carboxylic acids is 2. The molecule has 37 heavy (non-hydrogen) atoms. The number of aromatic nitrogens is 2. The smallest absolute Gasteiger partial charge is 0.254 e. The van der Waals surface area contributed by atoms with Crippen LogP contribution >= 0.6 is 11.6 Å². The van der Waals surface area contributed by atoms with Crippen molar-refractivity contribution >= 4 is 29.4 Å². The average molecular weight is 517 g/mol. The van der Waals surface area contributed by atoms with E-state index in [-0.39, 0.29) is 24.3 Å². The number of anilines is 1. The molecule has 0 bridgehead atoms. The molecule has 8 heteroatoms. The van der Waals surface area contributed by atoms with Crippen LogP contribution in [0.15, 0.2) is 85.1 Å². The lowest BCUT2D eigenvalue weighted by Gasteiger charge is -2.24.